The summed E-state index contributed by atoms with van der Waals surface area (Å²) in [7, 11) is 0. The van der Waals surface area contributed by atoms with E-state index in [1.54, 1.807) is 6.20 Å². The average Bonchev–Trinajstić information content (AvgIpc) is 3.33. The number of nitrogens with zero attached hydrogens (tertiary/aromatic N) is 3. The first-order valence-electron chi connectivity index (χ1n) is 8.22. The van der Waals surface area contributed by atoms with Gasteiger partial charge in [0.15, 0.2) is 5.65 Å². The highest BCUT2D eigenvalue weighted by Crippen LogP contribution is 2.32. The third kappa shape index (κ3) is 3.81. The summed E-state index contributed by atoms with van der Waals surface area (Å²) in [5, 5.41) is 3.43. The first kappa shape index (κ1) is 16.2. The highest BCUT2D eigenvalue weighted by molar-refractivity contribution is 5.81. The summed E-state index contributed by atoms with van der Waals surface area (Å²) in [5.74, 6) is 1.43. The molecule has 2 fully saturated rings. The molecule has 1 aliphatic carbocycles. The lowest BCUT2D eigenvalue weighted by atomic mass is 10.1. The van der Waals surface area contributed by atoms with Gasteiger partial charge in [0.1, 0.15) is 11.3 Å². The number of carbonyl (C=O) groups excluding carboxylic acids is 2. The molecule has 2 aromatic rings. The Morgan fingerprint density at radius 3 is 2.96 bits per heavy atom. The number of amides is 2. The largest absolute Gasteiger partial charge is 0.372 e. The number of primary amides is 1. The predicted octanol–water partition coefficient (Wildman–Crippen LogP) is 0.872. The molecule has 1 aliphatic heterocycles. The number of carbonyl (C=O) groups is 2. The minimum absolute atomic E-state index is 0.250. The van der Waals surface area contributed by atoms with E-state index in [1.165, 1.54) is 0 Å². The van der Waals surface area contributed by atoms with Gasteiger partial charge in [0.25, 0.3) is 0 Å². The predicted molar refractivity (Wildman–Crippen MR) is 90.1 cm³/mol. The maximum atomic E-state index is 12.2. The zero-order valence-corrected chi connectivity index (χ0v) is 13.4. The summed E-state index contributed by atoms with van der Waals surface area (Å²) in [6.07, 6.45) is 8.11. The van der Waals surface area contributed by atoms with E-state index < -0.39 is 0 Å². The molecule has 1 unspecified atom stereocenters. The van der Waals surface area contributed by atoms with Gasteiger partial charge >= 0.3 is 0 Å². The molecule has 2 aliphatic rings. The second-order valence-electron chi connectivity index (χ2n) is 6.14. The Labute approximate surface area is 139 Å². The fourth-order valence-electron chi connectivity index (χ4n) is 2.99. The molecule has 3 heterocycles. The molecule has 0 bridgehead atoms. The fraction of sp³-hybridized carbons (Fsp3) is 0.500. The SMILES string of the molecule is NC=O.O=C(C1CC1)N1CCCC(Nc2cnc3[nH]ccc3n2)C1. The topological polar surface area (TPSA) is 117 Å². The number of fused-ring (bicyclic) bond motifs is 1. The van der Waals surface area contributed by atoms with Gasteiger partial charge in [0.05, 0.1) is 6.20 Å². The van der Waals surface area contributed by atoms with Gasteiger partial charge in [-0.3, -0.25) is 9.59 Å². The van der Waals surface area contributed by atoms with Crippen molar-refractivity contribution < 1.29 is 9.59 Å². The zero-order valence-electron chi connectivity index (χ0n) is 13.4. The molecule has 2 aromatic heterocycles. The lowest BCUT2D eigenvalue weighted by Crippen LogP contribution is -2.45. The summed E-state index contributed by atoms with van der Waals surface area (Å²) >= 11 is 0. The Bertz CT molecular complexity index is 711. The van der Waals surface area contributed by atoms with Crippen molar-refractivity contribution in [1.29, 1.82) is 0 Å². The minimum atomic E-state index is 0.250. The number of aromatic nitrogens is 3. The Kier molecular flexibility index (Phi) is 4.93. The van der Waals surface area contributed by atoms with Crippen molar-refractivity contribution in [3.05, 3.63) is 18.5 Å². The molecule has 8 heteroatoms. The van der Waals surface area contributed by atoms with Crippen LogP contribution in [0.25, 0.3) is 11.2 Å². The number of likely N-dealkylation sites (tertiary alicyclic amines) is 1. The van der Waals surface area contributed by atoms with E-state index in [0.717, 1.165) is 55.8 Å². The summed E-state index contributed by atoms with van der Waals surface area (Å²) in [6, 6.07) is 2.18. The molecule has 2 amide bonds. The van der Waals surface area contributed by atoms with E-state index >= 15 is 0 Å². The highest BCUT2D eigenvalue weighted by atomic mass is 16.2. The normalized spacial score (nSPS) is 20.2. The number of hydrogen-bond donors (Lipinski definition) is 3. The molecule has 4 rings (SSSR count). The van der Waals surface area contributed by atoms with Gasteiger partial charge in [0, 0.05) is 31.2 Å². The van der Waals surface area contributed by atoms with Gasteiger partial charge in [-0.05, 0) is 31.7 Å². The van der Waals surface area contributed by atoms with E-state index in [9.17, 15) is 4.79 Å². The third-order valence-corrected chi connectivity index (χ3v) is 4.27. The Morgan fingerprint density at radius 2 is 2.21 bits per heavy atom. The number of aromatic amines is 1. The first-order chi connectivity index (χ1) is 11.7. The molecular formula is C16H22N6O2. The van der Waals surface area contributed by atoms with E-state index in [2.05, 4.69) is 26.0 Å². The van der Waals surface area contributed by atoms with Crippen LogP contribution in [0.2, 0.25) is 0 Å². The monoisotopic (exact) mass is 330 g/mol. The fourth-order valence-corrected chi connectivity index (χ4v) is 2.99. The number of piperidine rings is 1. The first-order valence-corrected chi connectivity index (χ1v) is 8.22. The van der Waals surface area contributed by atoms with Crippen molar-refractivity contribution in [1.82, 2.24) is 19.9 Å². The van der Waals surface area contributed by atoms with Gasteiger partial charge in [-0.15, -0.1) is 0 Å². The van der Waals surface area contributed by atoms with E-state index in [0.29, 0.717) is 11.8 Å². The maximum absolute atomic E-state index is 12.2. The van der Waals surface area contributed by atoms with Crippen LogP contribution in [0.1, 0.15) is 25.7 Å². The van der Waals surface area contributed by atoms with Crippen LogP contribution in [0.15, 0.2) is 18.5 Å². The molecule has 0 spiro atoms. The number of nitrogens with two attached hydrogens (primary N) is 1. The van der Waals surface area contributed by atoms with Crippen LogP contribution in [-0.2, 0) is 9.59 Å². The molecule has 0 radical (unpaired) electrons. The Hall–Kier alpha value is -2.64. The molecule has 128 valence electrons. The van der Waals surface area contributed by atoms with Crippen molar-refractivity contribution >= 4 is 29.3 Å². The number of nitrogens with one attached hydrogen (secondary N) is 2. The number of H-pyrrole nitrogens is 1. The summed E-state index contributed by atoms with van der Waals surface area (Å²) < 4.78 is 0. The summed E-state index contributed by atoms with van der Waals surface area (Å²) in [6.45, 7) is 1.68. The third-order valence-electron chi connectivity index (χ3n) is 4.27. The van der Waals surface area contributed by atoms with Crippen molar-refractivity contribution in [2.75, 3.05) is 18.4 Å². The van der Waals surface area contributed by atoms with Crippen LogP contribution < -0.4 is 11.1 Å². The van der Waals surface area contributed by atoms with E-state index in [-0.39, 0.29) is 12.5 Å². The molecule has 4 N–H and O–H groups in total. The second kappa shape index (κ2) is 7.29. The maximum Gasteiger partial charge on any atom is 0.225 e. The van der Waals surface area contributed by atoms with Crippen molar-refractivity contribution in [2.45, 2.75) is 31.7 Å². The van der Waals surface area contributed by atoms with Gasteiger partial charge in [-0.2, -0.15) is 0 Å². The molecule has 0 aromatic carbocycles. The summed E-state index contributed by atoms with van der Waals surface area (Å²) in [5.41, 5.74) is 5.83. The highest BCUT2D eigenvalue weighted by Gasteiger charge is 2.35. The van der Waals surface area contributed by atoms with Crippen LogP contribution >= 0.6 is 0 Å². The van der Waals surface area contributed by atoms with Crippen LogP contribution in [0.4, 0.5) is 5.82 Å². The van der Waals surface area contributed by atoms with Crippen LogP contribution in [0.3, 0.4) is 0 Å². The Balaban J connectivity index is 0.000000526. The van der Waals surface area contributed by atoms with Crippen molar-refractivity contribution in [3.63, 3.8) is 0 Å². The van der Waals surface area contributed by atoms with Gasteiger partial charge in [0.2, 0.25) is 12.3 Å². The van der Waals surface area contributed by atoms with Crippen LogP contribution in [-0.4, -0.2) is 51.3 Å². The second-order valence-corrected chi connectivity index (χ2v) is 6.14. The molecule has 1 atom stereocenters. The van der Waals surface area contributed by atoms with E-state index in [4.69, 9.17) is 4.79 Å². The van der Waals surface area contributed by atoms with Crippen LogP contribution in [0, 0.1) is 5.92 Å². The zero-order chi connectivity index (χ0) is 16.9. The van der Waals surface area contributed by atoms with E-state index in [1.807, 2.05) is 17.2 Å². The standard InChI is InChI=1S/C15H19N5O.CH3NO/c21-15(10-3-4-10)20-7-1-2-11(9-20)18-13-8-17-14-12(19-13)5-6-16-14;2-1-3/h5-6,8,10-11H,1-4,7,9H2,(H,16,17)(H,18,19);1H,(H2,2,3). The van der Waals surface area contributed by atoms with Gasteiger partial charge in [-0.25, -0.2) is 9.97 Å². The van der Waals surface area contributed by atoms with Crippen LogP contribution in [0.5, 0.6) is 0 Å². The lowest BCUT2D eigenvalue weighted by Gasteiger charge is -2.33. The molecule has 24 heavy (non-hydrogen) atoms. The summed E-state index contributed by atoms with van der Waals surface area (Å²) in [4.78, 5) is 34.7. The number of rotatable bonds is 3. The minimum Gasteiger partial charge on any atom is -0.372 e. The molecule has 1 saturated carbocycles. The molecule has 8 nitrogen and oxygen atoms in total. The van der Waals surface area contributed by atoms with Gasteiger partial charge < -0.3 is 20.9 Å². The number of hydrogen-bond acceptors (Lipinski definition) is 5. The Morgan fingerprint density at radius 1 is 1.42 bits per heavy atom. The lowest BCUT2D eigenvalue weighted by molar-refractivity contribution is -0.133. The molecule has 1 saturated heterocycles. The van der Waals surface area contributed by atoms with Crippen molar-refractivity contribution in [2.24, 2.45) is 11.7 Å². The van der Waals surface area contributed by atoms with Crippen molar-refractivity contribution in [3.8, 4) is 0 Å². The quantitative estimate of drug-likeness (QED) is 0.722. The molecular weight excluding hydrogens is 308 g/mol. The van der Waals surface area contributed by atoms with Gasteiger partial charge in [-0.1, -0.05) is 0 Å². The number of anilines is 1. The average molecular weight is 330 g/mol. The smallest absolute Gasteiger partial charge is 0.225 e.